The van der Waals surface area contributed by atoms with Crippen molar-refractivity contribution in [1.82, 2.24) is 14.7 Å². The smallest absolute Gasteiger partial charge is 0.248 e. The minimum Gasteiger partial charge on any atom is -0.373 e. The highest BCUT2D eigenvalue weighted by atomic mass is 16.5. The minimum atomic E-state index is -0.568. The van der Waals surface area contributed by atoms with Crippen molar-refractivity contribution in [3.63, 3.8) is 0 Å². The van der Waals surface area contributed by atoms with Gasteiger partial charge in [-0.3, -0.25) is 9.59 Å². The Kier molecular flexibility index (Phi) is 5.34. The number of nitrogens with zero attached hydrogens (tertiary/aromatic N) is 3. The Labute approximate surface area is 155 Å². The Morgan fingerprint density at radius 3 is 2.42 bits per heavy atom. The highest BCUT2D eigenvalue weighted by Gasteiger charge is 2.47. The van der Waals surface area contributed by atoms with Crippen molar-refractivity contribution in [2.24, 2.45) is 0 Å². The number of rotatable bonds is 4. The number of carbonyl (C=O) groups is 2. The Balaban J connectivity index is 1.86. The molecule has 6 nitrogen and oxygen atoms in total. The number of likely N-dealkylation sites (N-methyl/N-ethyl adjacent to an activating group) is 1. The van der Waals surface area contributed by atoms with E-state index in [1.807, 2.05) is 58.2 Å². The van der Waals surface area contributed by atoms with E-state index in [0.717, 1.165) is 12.1 Å². The van der Waals surface area contributed by atoms with Gasteiger partial charge in [0.1, 0.15) is 12.1 Å². The van der Waals surface area contributed by atoms with Crippen LogP contribution in [0, 0.1) is 0 Å². The lowest BCUT2D eigenvalue weighted by atomic mass is 10.0. The van der Waals surface area contributed by atoms with Crippen molar-refractivity contribution in [2.45, 2.75) is 45.0 Å². The molecule has 142 valence electrons. The summed E-state index contributed by atoms with van der Waals surface area (Å²) in [6.07, 6.45) is 0. The van der Waals surface area contributed by atoms with Gasteiger partial charge in [0.2, 0.25) is 11.8 Å². The van der Waals surface area contributed by atoms with Gasteiger partial charge in [0.15, 0.2) is 0 Å². The summed E-state index contributed by atoms with van der Waals surface area (Å²) in [4.78, 5) is 32.0. The lowest BCUT2D eigenvalue weighted by Crippen LogP contribution is -2.70. The Bertz CT molecular complexity index is 656. The van der Waals surface area contributed by atoms with Gasteiger partial charge in [-0.25, -0.2) is 0 Å². The second kappa shape index (κ2) is 7.37. The lowest BCUT2D eigenvalue weighted by molar-refractivity contribution is -0.171. The van der Waals surface area contributed by atoms with Crippen LogP contribution in [0.1, 0.15) is 26.3 Å². The number of fused-ring (bicyclic) bond motifs is 1. The highest BCUT2D eigenvalue weighted by Crippen LogP contribution is 2.25. The van der Waals surface area contributed by atoms with Crippen molar-refractivity contribution >= 4 is 11.8 Å². The van der Waals surface area contributed by atoms with Crippen LogP contribution in [0.25, 0.3) is 0 Å². The summed E-state index contributed by atoms with van der Waals surface area (Å²) in [6, 6.07) is 8.86. The number of carbonyl (C=O) groups excluding carboxylic acids is 2. The van der Waals surface area contributed by atoms with Gasteiger partial charge in [0, 0.05) is 26.2 Å². The van der Waals surface area contributed by atoms with E-state index in [0.29, 0.717) is 19.6 Å². The molecule has 0 bridgehead atoms. The summed E-state index contributed by atoms with van der Waals surface area (Å²) >= 11 is 0. The summed E-state index contributed by atoms with van der Waals surface area (Å²) in [7, 11) is 1.99. The van der Waals surface area contributed by atoms with Crippen LogP contribution >= 0.6 is 0 Å². The van der Waals surface area contributed by atoms with E-state index in [-0.39, 0.29) is 24.0 Å². The maximum absolute atomic E-state index is 13.2. The molecule has 1 aromatic carbocycles. The third-order valence-electron chi connectivity index (χ3n) is 4.97. The van der Waals surface area contributed by atoms with Gasteiger partial charge in [-0.05, 0) is 33.4 Å². The summed E-state index contributed by atoms with van der Waals surface area (Å²) in [6.45, 7) is 8.51. The van der Waals surface area contributed by atoms with Crippen LogP contribution in [0.2, 0.25) is 0 Å². The van der Waals surface area contributed by atoms with Crippen molar-refractivity contribution in [2.75, 3.05) is 33.3 Å². The van der Waals surface area contributed by atoms with Crippen molar-refractivity contribution < 1.29 is 14.3 Å². The fourth-order valence-corrected chi connectivity index (χ4v) is 3.52. The first kappa shape index (κ1) is 18.9. The van der Waals surface area contributed by atoms with Crippen LogP contribution in [-0.2, 0) is 20.9 Å². The number of amides is 2. The summed E-state index contributed by atoms with van der Waals surface area (Å²) < 4.78 is 5.90. The summed E-state index contributed by atoms with van der Waals surface area (Å²) in [5, 5.41) is 0. The molecule has 2 saturated heterocycles. The summed E-state index contributed by atoms with van der Waals surface area (Å²) in [5.74, 6) is 0.0189. The monoisotopic (exact) mass is 359 g/mol. The van der Waals surface area contributed by atoms with Gasteiger partial charge in [0.05, 0.1) is 12.2 Å². The maximum atomic E-state index is 13.2. The molecule has 0 saturated carbocycles. The molecule has 2 unspecified atom stereocenters. The molecule has 6 heteroatoms. The fraction of sp³-hybridized carbons (Fsp3) is 0.600. The van der Waals surface area contributed by atoms with E-state index in [9.17, 15) is 9.59 Å². The summed E-state index contributed by atoms with van der Waals surface area (Å²) in [5.41, 5.74) is 0.660. The van der Waals surface area contributed by atoms with E-state index in [1.165, 1.54) is 0 Å². The van der Waals surface area contributed by atoms with Crippen LogP contribution < -0.4 is 0 Å². The molecule has 2 aliphatic rings. The van der Waals surface area contributed by atoms with Gasteiger partial charge in [-0.1, -0.05) is 30.3 Å². The molecule has 0 N–H and O–H groups in total. The zero-order chi connectivity index (χ0) is 18.9. The number of hydrogen-bond acceptors (Lipinski definition) is 4. The van der Waals surface area contributed by atoms with Crippen LogP contribution in [0.4, 0.5) is 0 Å². The first-order chi connectivity index (χ1) is 12.3. The maximum Gasteiger partial charge on any atom is 0.248 e. The second-order valence-electron chi connectivity index (χ2n) is 8.20. The van der Waals surface area contributed by atoms with E-state index in [2.05, 4.69) is 4.90 Å². The lowest BCUT2D eigenvalue weighted by Gasteiger charge is -2.49. The van der Waals surface area contributed by atoms with E-state index in [1.54, 1.807) is 9.80 Å². The van der Waals surface area contributed by atoms with Crippen LogP contribution in [-0.4, -0.2) is 77.5 Å². The SMILES string of the molecule is CN1CCN2C(=O)C(COC(C)(C)C)N(Cc3ccccc3)C(=O)C2C1. The molecule has 0 spiro atoms. The zero-order valence-electron chi connectivity index (χ0n) is 16.1. The van der Waals surface area contributed by atoms with Crippen LogP contribution in [0.3, 0.4) is 0 Å². The molecule has 2 fully saturated rings. The van der Waals surface area contributed by atoms with Crippen molar-refractivity contribution in [3.8, 4) is 0 Å². The van der Waals surface area contributed by atoms with Crippen molar-refractivity contribution in [1.29, 1.82) is 0 Å². The van der Waals surface area contributed by atoms with E-state index >= 15 is 0 Å². The van der Waals surface area contributed by atoms with Gasteiger partial charge in [-0.15, -0.1) is 0 Å². The highest BCUT2D eigenvalue weighted by molar-refractivity contribution is 5.97. The second-order valence-corrected chi connectivity index (χ2v) is 8.20. The molecule has 0 aliphatic carbocycles. The molecule has 2 amide bonds. The molecular formula is C20H29N3O3. The first-order valence-corrected chi connectivity index (χ1v) is 9.23. The number of piperazine rings is 2. The Hall–Kier alpha value is -1.92. The molecule has 2 aliphatic heterocycles. The van der Waals surface area contributed by atoms with Crippen LogP contribution in [0.5, 0.6) is 0 Å². The quantitative estimate of drug-likeness (QED) is 0.814. The Morgan fingerprint density at radius 1 is 1.08 bits per heavy atom. The van der Waals surface area contributed by atoms with Gasteiger partial charge < -0.3 is 19.4 Å². The standard InChI is InChI=1S/C20H29N3O3/c1-20(2,3)26-14-17-19(25)22-11-10-21(4)13-16(22)18(24)23(17)12-15-8-6-5-7-9-15/h5-9,16-17H,10-14H2,1-4H3. The first-order valence-electron chi connectivity index (χ1n) is 9.23. The molecule has 0 aromatic heterocycles. The zero-order valence-corrected chi connectivity index (χ0v) is 16.1. The normalized spacial score (nSPS) is 24.8. The van der Waals surface area contributed by atoms with Gasteiger partial charge >= 0.3 is 0 Å². The van der Waals surface area contributed by atoms with E-state index in [4.69, 9.17) is 4.74 Å². The number of ether oxygens (including phenoxy) is 1. The fourth-order valence-electron chi connectivity index (χ4n) is 3.52. The molecule has 1 aromatic rings. The van der Waals surface area contributed by atoms with Crippen molar-refractivity contribution in [3.05, 3.63) is 35.9 Å². The average molecular weight is 359 g/mol. The third-order valence-corrected chi connectivity index (χ3v) is 4.97. The number of hydrogen-bond donors (Lipinski definition) is 0. The average Bonchev–Trinajstić information content (AvgIpc) is 2.59. The molecule has 26 heavy (non-hydrogen) atoms. The largest absolute Gasteiger partial charge is 0.373 e. The molecule has 2 heterocycles. The molecular weight excluding hydrogens is 330 g/mol. The molecule has 3 rings (SSSR count). The number of benzene rings is 1. The van der Waals surface area contributed by atoms with E-state index < -0.39 is 12.1 Å². The third kappa shape index (κ3) is 4.07. The Morgan fingerprint density at radius 2 is 1.77 bits per heavy atom. The predicted octanol–water partition coefficient (Wildman–Crippen LogP) is 1.36. The molecule has 0 radical (unpaired) electrons. The topological polar surface area (TPSA) is 53.1 Å². The predicted molar refractivity (Wildman–Crippen MR) is 99.5 cm³/mol. The minimum absolute atomic E-state index is 0.00267. The molecule has 2 atom stereocenters. The van der Waals surface area contributed by atoms with Crippen LogP contribution in [0.15, 0.2) is 30.3 Å². The van der Waals surface area contributed by atoms with Gasteiger partial charge in [-0.2, -0.15) is 0 Å². The van der Waals surface area contributed by atoms with Gasteiger partial charge in [0.25, 0.3) is 0 Å².